The third-order valence-corrected chi connectivity index (χ3v) is 3.69. The minimum absolute atomic E-state index is 0.313. The summed E-state index contributed by atoms with van der Waals surface area (Å²) < 4.78 is 10.9. The van der Waals surface area contributed by atoms with Gasteiger partial charge in [-0.15, -0.1) is 0 Å². The van der Waals surface area contributed by atoms with Crippen LogP contribution in [0.15, 0.2) is 18.2 Å². The second kappa shape index (κ2) is 6.89. The molecule has 1 heterocycles. The molecule has 1 unspecified atom stereocenters. The molecule has 1 atom stereocenters. The molecule has 1 fully saturated rings. The van der Waals surface area contributed by atoms with Crippen LogP contribution in [0.1, 0.15) is 17.0 Å². The Kier molecular flexibility index (Phi) is 5.19. The van der Waals surface area contributed by atoms with Gasteiger partial charge in [0, 0.05) is 32.1 Å². The first-order valence-electron chi connectivity index (χ1n) is 6.89. The first kappa shape index (κ1) is 14.3. The fourth-order valence-corrected chi connectivity index (χ4v) is 2.57. The summed E-state index contributed by atoms with van der Waals surface area (Å²) in [6.45, 7) is 7.34. The summed E-state index contributed by atoms with van der Waals surface area (Å²) >= 11 is 0. The number of ether oxygens (including phenoxy) is 2. The van der Waals surface area contributed by atoms with Crippen LogP contribution in [0.4, 0.5) is 0 Å². The van der Waals surface area contributed by atoms with Crippen LogP contribution in [0.5, 0.6) is 5.75 Å². The van der Waals surface area contributed by atoms with E-state index in [1.807, 2.05) is 6.07 Å². The van der Waals surface area contributed by atoms with E-state index in [-0.39, 0.29) is 0 Å². The van der Waals surface area contributed by atoms with Gasteiger partial charge in [0.15, 0.2) is 0 Å². The van der Waals surface area contributed by atoms with Gasteiger partial charge in [-0.05, 0) is 18.6 Å². The Morgan fingerprint density at radius 2 is 2.11 bits per heavy atom. The largest absolute Gasteiger partial charge is 0.496 e. The number of benzene rings is 1. The quantitative estimate of drug-likeness (QED) is 0.873. The van der Waals surface area contributed by atoms with E-state index in [2.05, 4.69) is 24.0 Å². The lowest BCUT2D eigenvalue weighted by atomic mass is 9.95. The molecule has 1 aliphatic rings. The van der Waals surface area contributed by atoms with Crippen LogP contribution < -0.4 is 10.5 Å². The average Bonchev–Trinajstić information content (AvgIpc) is 2.46. The maximum Gasteiger partial charge on any atom is 0.122 e. The van der Waals surface area contributed by atoms with Crippen LogP contribution >= 0.6 is 0 Å². The van der Waals surface area contributed by atoms with Crippen LogP contribution in [-0.2, 0) is 4.74 Å². The number of morpholine rings is 1. The number of rotatable bonds is 5. The van der Waals surface area contributed by atoms with Crippen molar-refractivity contribution in [3.8, 4) is 5.75 Å². The van der Waals surface area contributed by atoms with Gasteiger partial charge < -0.3 is 15.2 Å². The van der Waals surface area contributed by atoms with Gasteiger partial charge in [-0.1, -0.05) is 17.7 Å². The molecule has 0 radical (unpaired) electrons. The predicted octanol–water partition coefficient (Wildman–Crippen LogP) is 1.38. The lowest BCUT2D eigenvalue weighted by Crippen LogP contribution is -2.40. The number of aryl methyl sites for hydroxylation is 1. The van der Waals surface area contributed by atoms with Crippen molar-refractivity contribution in [2.24, 2.45) is 5.73 Å². The topological polar surface area (TPSA) is 47.7 Å². The molecule has 2 N–H and O–H groups in total. The van der Waals surface area contributed by atoms with Crippen LogP contribution in [0.25, 0.3) is 0 Å². The fourth-order valence-electron chi connectivity index (χ4n) is 2.57. The third-order valence-electron chi connectivity index (χ3n) is 3.69. The van der Waals surface area contributed by atoms with E-state index < -0.39 is 0 Å². The highest BCUT2D eigenvalue weighted by Gasteiger charge is 2.20. The Balaban J connectivity index is 2.13. The van der Waals surface area contributed by atoms with E-state index >= 15 is 0 Å². The molecule has 19 heavy (non-hydrogen) atoms. The van der Waals surface area contributed by atoms with Gasteiger partial charge in [0.05, 0.1) is 20.3 Å². The van der Waals surface area contributed by atoms with Gasteiger partial charge in [0.1, 0.15) is 5.75 Å². The SMILES string of the molecule is COc1ccc(C)cc1C(CN)CN1CCOCC1. The maximum atomic E-state index is 5.98. The minimum atomic E-state index is 0.313. The molecule has 2 rings (SSSR count). The lowest BCUT2D eigenvalue weighted by Gasteiger charge is -2.30. The van der Waals surface area contributed by atoms with Crippen molar-refractivity contribution in [1.82, 2.24) is 4.90 Å². The average molecular weight is 264 g/mol. The van der Waals surface area contributed by atoms with E-state index in [0.29, 0.717) is 12.5 Å². The van der Waals surface area contributed by atoms with Crippen molar-refractivity contribution >= 4 is 0 Å². The Hall–Kier alpha value is -1.10. The molecule has 0 spiro atoms. The molecule has 0 aliphatic carbocycles. The smallest absolute Gasteiger partial charge is 0.122 e. The van der Waals surface area contributed by atoms with Crippen molar-refractivity contribution in [2.45, 2.75) is 12.8 Å². The Morgan fingerprint density at radius 1 is 1.37 bits per heavy atom. The van der Waals surface area contributed by atoms with E-state index in [9.17, 15) is 0 Å². The van der Waals surface area contributed by atoms with Crippen molar-refractivity contribution in [3.63, 3.8) is 0 Å². The molecular formula is C15H24N2O2. The molecule has 0 bridgehead atoms. The number of methoxy groups -OCH3 is 1. The molecule has 1 aromatic carbocycles. The highest BCUT2D eigenvalue weighted by Crippen LogP contribution is 2.28. The summed E-state index contributed by atoms with van der Waals surface area (Å²) in [4.78, 5) is 2.42. The zero-order valence-corrected chi connectivity index (χ0v) is 11.9. The highest BCUT2D eigenvalue weighted by atomic mass is 16.5. The number of nitrogens with two attached hydrogens (primary N) is 1. The molecule has 1 saturated heterocycles. The molecular weight excluding hydrogens is 240 g/mol. The van der Waals surface area contributed by atoms with E-state index in [1.165, 1.54) is 11.1 Å². The predicted molar refractivity (Wildman–Crippen MR) is 76.8 cm³/mol. The van der Waals surface area contributed by atoms with Crippen LogP contribution in [-0.4, -0.2) is 51.4 Å². The van der Waals surface area contributed by atoms with Crippen molar-refractivity contribution in [3.05, 3.63) is 29.3 Å². The Labute approximate surface area is 115 Å². The van der Waals surface area contributed by atoms with Gasteiger partial charge in [0.2, 0.25) is 0 Å². The Bertz CT molecular complexity index is 403. The van der Waals surface area contributed by atoms with E-state index in [1.54, 1.807) is 7.11 Å². The Morgan fingerprint density at radius 3 is 2.74 bits per heavy atom. The minimum Gasteiger partial charge on any atom is -0.496 e. The van der Waals surface area contributed by atoms with Crippen LogP contribution in [0, 0.1) is 6.92 Å². The summed E-state index contributed by atoms with van der Waals surface area (Å²) in [5, 5.41) is 0. The van der Waals surface area contributed by atoms with Crippen molar-refractivity contribution < 1.29 is 9.47 Å². The molecule has 1 aliphatic heterocycles. The summed E-state index contributed by atoms with van der Waals surface area (Å²) in [6.07, 6.45) is 0. The highest BCUT2D eigenvalue weighted by molar-refractivity contribution is 5.39. The van der Waals surface area contributed by atoms with E-state index in [4.69, 9.17) is 15.2 Å². The third kappa shape index (κ3) is 3.69. The number of hydrogen-bond donors (Lipinski definition) is 1. The summed E-state index contributed by atoms with van der Waals surface area (Å²) in [6, 6.07) is 6.30. The van der Waals surface area contributed by atoms with Gasteiger partial charge in [0.25, 0.3) is 0 Å². The second-order valence-corrected chi connectivity index (χ2v) is 5.09. The maximum absolute atomic E-state index is 5.98. The van der Waals surface area contributed by atoms with Gasteiger partial charge in [-0.2, -0.15) is 0 Å². The summed E-state index contributed by atoms with van der Waals surface area (Å²) in [5.41, 5.74) is 8.45. The lowest BCUT2D eigenvalue weighted by molar-refractivity contribution is 0.0352. The second-order valence-electron chi connectivity index (χ2n) is 5.09. The first-order chi connectivity index (χ1) is 9.24. The summed E-state index contributed by atoms with van der Waals surface area (Å²) in [7, 11) is 1.72. The van der Waals surface area contributed by atoms with Crippen molar-refractivity contribution in [2.75, 3.05) is 46.5 Å². The van der Waals surface area contributed by atoms with E-state index in [0.717, 1.165) is 38.6 Å². The number of nitrogens with zero attached hydrogens (tertiary/aromatic N) is 1. The number of hydrogen-bond acceptors (Lipinski definition) is 4. The van der Waals surface area contributed by atoms with Gasteiger partial charge in [-0.25, -0.2) is 0 Å². The zero-order valence-electron chi connectivity index (χ0n) is 11.9. The monoisotopic (exact) mass is 264 g/mol. The summed E-state index contributed by atoms with van der Waals surface area (Å²) in [5.74, 6) is 1.25. The van der Waals surface area contributed by atoms with Crippen LogP contribution in [0.3, 0.4) is 0 Å². The molecule has 4 heteroatoms. The van der Waals surface area contributed by atoms with Crippen LogP contribution in [0.2, 0.25) is 0 Å². The molecule has 106 valence electrons. The molecule has 4 nitrogen and oxygen atoms in total. The molecule has 0 aromatic heterocycles. The normalized spacial score (nSPS) is 18.3. The molecule has 1 aromatic rings. The molecule has 0 amide bonds. The van der Waals surface area contributed by atoms with Crippen molar-refractivity contribution in [1.29, 1.82) is 0 Å². The first-order valence-corrected chi connectivity index (χ1v) is 6.89. The molecule has 0 saturated carbocycles. The fraction of sp³-hybridized carbons (Fsp3) is 0.600. The zero-order chi connectivity index (χ0) is 13.7. The standard InChI is InChI=1S/C15H24N2O2/c1-12-3-4-15(18-2)14(9-12)13(10-16)11-17-5-7-19-8-6-17/h3-4,9,13H,5-8,10-11,16H2,1-2H3. The van der Waals surface area contributed by atoms with Gasteiger partial charge in [-0.3, -0.25) is 4.90 Å². The van der Waals surface area contributed by atoms with Gasteiger partial charge >= 0.3 is 0 Å².